The van der Waals surface area contributed by atoms with Crippen molar-refractivity contribution >= 4 is 5.78 Å². The molecule has 0 fully saturated rings. The number of hydrogen-bond acceptors (Lipinski definition) is 3. The number of phenolic OH excluding ortho intramolecular Hbond substituents is 2. The van der Waals surface area contributed by atoms with Crippen LogP contribution in [0.5, 0.6) is 11.5 Å². The van der Waals surface area contributed by atoms with Gasteiger partial charge in [0, 0.05) is 23.6 Å². The number of ketones is 1. The third-order valence-electron chi connectivity index (χ3n) is 2.59. The van der Waals surface area contributed by atoms with Crippen molar-refractivity contribution in [3.8, 4) is 11.5 Å². The van der Waals surface area contributed by atoms with E-state index in [9.17, 15) is 15.0 Å². The van der Waals surface area contributed by atoms with Gasteiger partial charge in [0.15, 0.2) is 5.78 Å². The summed E-state index contributed by atoms with van der Waals surface area (Å²) in [5, 5.41) is 18.8. The first-order valence-electron chi connectivity index (χ1n) is 4.76. The molecule has 3 heteroatoms. The van der Waals surface area contributed by atoms with Gasteiger partial charge in [0.1, 0.15) is 11.5 Å². The number of rotatable bonds is 0. The second kappa shape index (κ2) is 3.33. The maximum atomic E-state index is 11.6. The zero-order valence-corrected chi connectivity index (χ0v) is 7.79. The zero-order valence-electron chi connectivity index (χ0n) is 7.79. The Labute approximate surface area is 82.0 Å². The van der Waals surface area contributed by atoms with Crippen molar-refractivity contribution < 1.29 is 15.0 Å². The Bertz CT molecular complexity index is 382. The van der Waals surface area contributed by atoms with Gasteiger partial charge in [-0.2, -0.15) is 0 Å². The lowest BCUT2D eigenvalue weighted by Crippen LogP contribution is -1.99. The highest BCUT2D eigenvalue weighted by Gasteiger charge is 2.19. The molecule has 0 spiro atoms. The van der Waals surface area contributed by atoms with Crippen LogP contribution in [0.4, 0.5) is 0 Å². The van der Waals surface area contributed by atoms with E-state index in [4.69, 9.17) is 0 Å². The SMILES string of the molecule is O=C1CCCCc2c(O)cc(O)cc21. The van der Waals surface area contributed by atoms with Crippen LogP contribution in [-0.4, -0.2) is 16.0 Å². The Kier molecular flexibility index (Phi) is 2.15. The van der Waals surface area contributed by atoms with Crippen LogP contribution in [-0.2, 0) is 6.42 Å². The number of Topliss-reactive ketones (excluding diaryl/α,β-unsaturated/α-hetero) is 1. The molecule has 1 aliphatic carbocycles. The summed E-state index contributed by atoms with van der Waals surface area (Å²) in [6, 6.07) is 2.74. The van der Waals surface area contributed by atoms with E-state index in [0.717, 1.165) is 12.8 Å². The van der Waals surface area contributed by atoms with Gasteiger partial charge < -0.3 is 10.2 Å². The first-order chi connectivity index (χ1) is 6.68. The van der Waals surface area contributed by atoms with Gasteiger partial charge in [0.05, 0.1) is 0 Å². The lowest BCUT2D eigenvalue weighted by atomic mass is 10.0. The van der Waals surface area contributed by atoms with Crippen molar-refractivity contribution in [3.63, 3.8) is 0 Å². The lowest BCUT2D eigenvalue weighted by molar-refractivity contribution is 0.0981. The Morgan fingerprint density at radius 3 is 2.57 bits per heavy atom. The molecule has 0 saturated carbocycles. The minimum atomic E-state index is -0.0449. The average Bonchev–Trinajstić information content (AvgIpc) is 2.29. The number of fused-ring (bicyclic) bond motifs is 1. The third-order valence-corrected chi connectivity index (χ3v) is 2.59. The fourth-order valence-corrected chi connectivity index (χ4v) is 1.88. The minimum Gasteiger partial charge on any atom is -0.508 e. The van der Waals surface area contributed by atoms with Crippen LogP contribution in [0.1, 0.15) is 35.2 Å². The van der Waals surface area contributed by atoms with Gasteiger partial charge in [-0.15, -0.1) is 0 Å². The van der Waals surface area contributed by atoms with Gasteiger partial charge in [-0.05, 0) is 25.3 Å². The van der Waals surface area contributed by atoms with Crippen LogP contribution in [0.2, 0.25) is 0 Å². The predicted molar refractivity (Wildman–Crippen MR) is 51.7 cm³/mol. The second-order valence-electron chi connectivity index (χ2n) is 3.62. The fourth-order valence-electron chi connectivity index (χ4n) is 1.88. The minimum absolute atomic E-state index is 0.0173. The van der Waals surface area contributed by atoms with E-state index in [0.29, 0.717) is 24.0 Å². The summed E-state index contributed by atoms with van der Waals surface area (Å²) in [6.45, 7) is 0. The molecular formula is C11H12O3. The molecule has 0 atom stereocenters. The number of benzene rings is 1. The molecule has 0 radical (unpaired) electrons. The van der Waals surface area contributed by atoms with Crippen LogP contribution in [0.25, 0.3) is 0 Å². The van der Waals surface area contributed by atoms with E-state index in [1.54, 1.807) is 0 Å². The van der Waals surface area contributed by atoms with Crippen molar-refractivity contribution in [2.45, 2.75) is 25.7 Å². The van der Waals surface area contributed by atoms with E-state index >= 15 is 0 Å². The highest BCUT2D eigenvalue weighted by molar-refractivity contribution is 5.98. The molecule has 14 heavy (non-hydrogen) atoms. The first kappa shape index (κ1) is 9.06. The highest BCUT2D eigenvalue weighted by atomic mass is 16.3. The van der Waals surface area contributed by atoms with Crippen molar-refractivity contribution in [1.82, 2.24) is 0 Å². The van der Waals surface area contributed by atoms with Crippen molar-refractivity contribution in [3.05, 3.63) is 23.3 Å². The standard InChI is InChI=1S/C11H12O3/c12-7-5-9-8(11(14)6-7)3-1-2-4-10(9)13/h5-6,12,14H,1-4H2. The Morgan fingerprint density at radius 1 is 1.07 bits per heavy atom. The Balaban J connectivity index is 2.58. The van der Waals surface area contributed by atoms with Crippen LogP contribution < -0.4 is 0 Å². The summed E-state index contributed by atoms with van der Waals surface area (Å²) in [5.41, 5.74) is 1.17. The van der Waals surface area contributed by atoms with Crippen molar-refractivity contribution in [2.24, 2.45) is 0 Å². The van der Waals surface area contributed by atoms with E-state index in [-0.39, 0.29) is 17.3 Å². The molecule has 3 nitrogen and oxygen atoms in total. The zero-order chi connectivity index (χ0) is 10.1. The summed E-state index contributed by atoms with van der Waals surface area (Å²) in [5.74, 6) is 0.00968. The lowest BCUT2D eigenvalue weighted by Gasteiger charge is -2.07. The van der Waals surface area contributed by atoms with Crippen LogP contribution in [0.3, 0.4) is 0 Å². The Hall–Kier alpha value is -1.51. The topological polar surface area (TPSA) is 57.5 Å². The monoisotopic (exact) mass is 192 g/mol. The number of phenols is 2. The van der Waals surface area contributed by atoms with E-state index in [1.165, 1.54) is 12.1 Å². The molecule has 1 aromatic rings. The second-order valence-corrected chi connectivity index (χ2v) is 3.62. The average molecular weight is 192 g/mol. The number of aromatic hydroxyl groups is 2. The molecule has 0 saturated heterocycles. The molecule has 0 aromatic heterocycles. The fraction of sp³-hybridized carbons (Fsp3) is 0.364. The first-order valence-corrected chi connectivity index (χ1v) is 4.76. The van der Waals surface area contributed by atoms with E-state index in [2.05, 4.69) is 0 Å². The smallest absolute Gasteiger partial charge is 0.163 e. The molecule has 1 aliphatic rings. The third kappa shape index (κ3) is 1.45. The summed E-state index contributed by atoms with van der Waals surface area (Å²) in [6.07, 6.45) is 2.99. The molecule has 0 amide bonds. The molecule has 74 valence electrons. The van der Waals surface area contributed by atoms with Gasteiger partial charge in [-0.3, -0.25) is 4.79 Å². The van der Waals surface area contributed by atoms with E-state index < -0.39 is 0 Å². The van der Waals surface area contributed by atoms with Gasteiger partial charge >= 0.3 is 0 Å². The molecule has 0 heterocycles. The highest BCUT2D eigenvalue weighted by Crippen LogP contribution is 2.31. The molecule has 0 aliphatic heterocycles. The number of carbonyl (C=O) groups is 1. The molecule has 2 N–H and O–H groups in total. The summed E-state index contributed by atoms with van der Waals surface area (Å²) < 4.78 is 0. The van der Waals surface area contributed by atoms with Gasteiger partial charge in [-0.25, -0.2) is 0 Å². The van der Waals surface area contributed by atoms with Crippen molar-refractivity contribution in [1.29, 1.82) is 0 Å². The molecule has 1 aromatic carbocycles. The summed E-state index contributed by atoms with van der Waals surface area (Å²) >= 11 is 0. The maximum Gasteiger partial charge on any atom is 0.163 e. The van der Waals surface area contributed by atoms with Gasteiger partial charge in [0.2, 0.25) is 0 Å². The van der Waals surface area contributed by atoms with Gasteiger partial charge in [-0.1, -0.05) is 0 Å². The van der Waals surface area contributed by atoms with Crippen molar-refractivity contribution in [2.75, 3.05) is 0 Å². The normalized spacial score (nSPS) is 16.1. The summed E-state index contributed by atoms with van der Waals surface area (Å²) in [4.78, 5) is 11.6. The van der Waals surface area contributed by atoms with Crippen LogP contribution >= 0.6 is 0 Å². The van der Waals surface area contributed by atoms with Crippen LogP contribution in [0.15, 0.2) is 12.1 Å². The Morgan fingerprint density at radius 2 is 1.79 bits per heavy atom. The summed E-state index contributed by atoms with van der Waals surface area (Å²) in [7, 11) is 0. The molecule has 0 unspecified atom stereocenters. The quantitative estimate of drug-likeness (QED) is 0.618. The molecule has 2 rings (SSSR count). The largest absolute Gasteiger partial charge is 0.508 e. The predicted octanol–water partition coefficient (Wildman–Crippen LogP) is 2.01. The van der Waals surface area contributed by atoms with Crippen LogP contribution in [0, 0.1) is 0 Å². The van der Waals surface area contributed by atoms with E-state index in [1.807, 2.05) is 0 Å². The number of carbonyl (C=O) groups excluding carboxylic acids is 1. The molecular weight excluding hydrogens is 180 g/mol. The number of hydrogen-bond donors (Lipinski definition) is 2. The molecule has 0 bridgehead atoms. The maximum absolute atomic E-state index is 11.6. The van der Waals surface area contributed by atoms with Gasteiger partial charge in [0.25, 0.3) is 0 Å².